The van der Waals surface area contributed by atoms with Crippen molar-refractivity contribution in [3.05, 3.63) is 24.0 Å². The smallest absolute Gasteiger partial charge is 0.227 e. The van der Waals surface area contributed by atoms with E-state index in [9.17, 15) is 9.90 Å². The molecule has 0 aliphatic carbocycles. The molecule has 1 unspecified atom stereocenters. The van der Waals surface area contributed by atoms with E-state index in [2.05, 4.69) is 15.2 Å². The highest BCUT2D eigenvalue weighted by molar-refractivity contribution is 5.82. The summed E-state index contributed by atoms with van der Waals surface area (Å²) in [5.41, 5.74) is 0.611. The SMILES string of the molecule is CNC(=O)C1(C)CCN(Cc2ccc(O)cn2)C1. The molecule has 1 atom stereocenters. The Balaban J connectivity index is 1.97. The summed E-state index contributed by atoms with van der Waals surface area (Å²) in [6.07, 6.45) is 2.31. The number of hydrogen-bond acceptors (Lipinski definition) is 4. The van der Waals surface area contributed by atoms with E-state index >= 15 is 0 Å². The van der Waals surface area contributed by atoms with Crippen LogP contribution in [0.3, 0.4) is 0 Å². The van der Waals surface area contributed by atoms with Gasteiger partial charge >= 0.3 is 0 Å². The van der Waals surface area contributed by atoms with E-state index in [4.69, 9.17) is 0 Å². The van der Waals surface area contributed by atoms with Crippen LogP contribution in [0.15, 0.2) is 18.3 Å². The minimum atomic E-state index is -0.300. The van der Waals surface area contributed by atoms with Crippen LogP contribution in [-0.4, -0.2) is 41.0 Å². The Bertz CT molecular complexity index is 432. The molecule has 1 fully saturated rings. The van der Waals surface area contributed by atoms with Gasteiger partial charge in [0.15, 0.2) is 0 Å². The first-order valence-corrected chi connectivity index (χ1v) is 6.12. The number of carbonyl (C=O) groups excluding carboxylic acids is 1. The van der Waals surface area contributed by atoms with Crippen LogP contribution < -0.4 is 5.32 Å². The molecule has 0 spiro atoms. The predicted octanol–water partition coefficient (Wildman–Crippen LogP) is 0.745. The van der Waals surface area contributed by atoms with Gasteiger partial charge in [0.2, 0.25) is 5.91 Å². The molecule has 1 aromatic rings. The predicted molar refractivity (Wildman–Crippen MR) is 68.0 cm³/mol. The van der Waals surface area contributed by atoms with E-state index in [-0.39, 0.29) is 17.1 Å². The van der Waals surface area contributed by atoms with Gasteiger partial charge in [0, 0.05) is 20.1 Å². The fourth-order valence-electron chi connectivity index (χ4n) is 2.42. The Morgan fingerprint density at radius 2 is 2.39 bits per heavy atom. The summed E-state index contributed by atoms with van der Waals surface area (Å²) < 4.78 is 0. The average molecular weight is 249 g/mol. The number of carbonyl (C=O) groups is 1. The number of nitrogens with one attached hydrogen (secondary N) is 1. The third-order valence-electron chi connectivity index (χ3n) is 3.52. The molecule has 18 heavy (non-hydrogen) atoms. The van der Waals surface area contributed by atoms with Crippen LogP contribution in [0.25, 0.3) is 0 Å². The van der Waals surface area contributed by atoms with Crippen molar-refractivity contribution in [2.45, 2.75) is 19.9 Å². The van der Waals surface area contributed by atoms with Crippen LogP contribution in [0, 0.1) is 5.41 Å². The zero-order valence-corrected chi connectivity index (χ0v) is 10.8. The molecule has 2 heterocycles. The topological polar surface area (TPSA) is 65.5 Å². The van der Waals surface area contributed by atoms with Gasteiger partial charge in [0.1, 0.15) is 5.75 Å². The molecule has 2 rings (SSSR count). The van der Waals surface area contributed by atoms with Crippen molar-refractivity contribution in [1.29, 1.82) is 0 Å². The molecular weight excluding hydrogens is 230 g/mol. The lowest BCUT2D eigenvalue weighted by atomic mass is 9.89. The van der Waals surface area contributed by atoms with Crippen molar-refractivity contribution in [3.63, 3.8) is 0 Å². The van der Waals surface area contributed by atoms with Gasteiger partial charge in [-0.15, -0.1) is 0 Å². The number of nitrogens with zero attached hydrogens (tertiary/aromatic N) is 2. The van der Waals surface area contributed by atoms with Crippen LogP contribution in [0.5, 0.6) is 5.75 Å². The van der Waals surface area contributed by atoms with Crippen molar-refractivity contribution >= 4 is 5.91 Å². The van der Waals surface area contributed by atoms with Gasteiger partial charge in [-0.2, -0.15) is 0 Å². The Hall–Kier alpha value is -1.62. The summed E-state index contributed by atoms with van der Waals surface area (Å²) in [5, 5.41) is 11.9. The average Bonchev–Trinajstić information content (AvgIpc) is 2.74. The zero-order valence-electron chi connectivity index (χ0n) is 10.8. The van der Waals surface area contributed by atoms with Gasteiger partial charge in [0.05, 0.1) is 17.3 Å². The van der Waals surface area contributed by atoms with Crippen LogP contribution in [0.4, 0.5) is 0 Å². The third-order valence-corrected chi connectivity index (χ3v) is 3.52. The van der Waals surface area contributed by atoms with E-state index < -0.39 is 0 Å². The molecule has 1 amide bonds. The number of rotatable bonds is 3. The molecule has 5 heteroatoms. The summed E-state index contributed by atoms with van der Waals surface area (Å²) in [4.78, 5) is 18.2. The standard InChI is InChI=1S/C13H19N3O2/c1-13(12(18)14-2)5-6-16(9-13)8-10-3-4-11(17)7-15-10/h3-4,7,17H,5-6,8-9H2,1-2H3,(H,14,18). The Kier molecular flexibility index (Phi) is 3.52. The Morgan fingerprint density at radius 1 is 1.61 bits per heavy atom. The summed E-state index contributed by atoms with van der Waals surface area (Å²) >= 11 is 0. The third kappa shape index (κ3) is 2.61. The molecule has 1 aliphatic heterocycles. The largest absolute Gasteiger partial charge is 0.506 e. The van der Waals surface area contributed by atoms with Gasteiger partial charge in [-0.05, 0) is 32.0 Å². The van der Waals surface area contributed by atoms with Crippen molar-refractivity contribution in [2.75, 3.05) is 20.1 Å². The van der Waals surface area contributed by atoms with Crippen molar-refractivity contribution in [2.24, 2.45) is 5.41 Å². The fraction of sp³-hybridized carbons (Fsp3) is 0.538. The molecule has 0 radical (unpaired) electrons. The summed E-state index contributed by atoms with van der Waals surface area (Å²) in [7, 11) is 1.68. The second-order valence-electron chi connectivity index (χ2n) is 5.11. The van der Waals surface area contributed by atoms with Crippen molar-refractivity contribution < 1.29 is 9.90 Å². The number of pyridine rings is 1. The van der Waals surface area contributed by atoms with E-state index in [1.807, 2.05) is 13.0 Å². The second kappa shape index (κ2) is 4.94. The van der Waals surface area contributed by atoms with Crippen LogP contribution in [0.2, 0.25) is 0 Å². The highest BCUT2D eigenvalue weighted by Crippen LogP contribution is 2.30. The zero-order chi connectivity index (χ0) is 13.2. The number of aromatic nitrogens is 1. The van der Waals surface area contributed by atoms with Gasteiger partial charge in [-0.1, -0.05) is 0 Å². The molecule has 0 bridgehead atoms. The molecule has 0 saturated carbocycles. The molecule has 98 valence electrons. The highest BCUT2D eigenvalue weighted by Gasteiger charge is 2.39. The Morgan fingerprint density at radius 3 is 3.00 bits per heavy atom. The number of hydrogen-bond donors (Lipinski definition) is 2. The number of aromatic hydroxyl groups is 1. The molecule has 2 N–H and O–H groups in total. The maximum Gasteiger partial charge on any atom is 0.227 e. The number of likely N-dealkylation sites (tertiary alicyclic amines) is 1. The van der Waals surface area contributed by atoms with Crippen LogP contribution >= 0.6 is 0 Å². The lowest BCUT2D eigenvalue weighted by Crippen LogP contribution is -2.39. The highest BCUT2D eigenvalue weighted by atomic mass is 16.3. The first-order valence-electron chi connectivity index (χ1n) is 6.12. The summed E-state index contributed by atoms with van der Waals surface area (Å²) in [5.74, 6) is 0.277. The van der Waals surface area contributed by atoms with Gasteiger partial charge in [-0.25, -0.2) is 0 Å². The Labute approximate surface area is 107 Å². The summed E-state index contributed by atoms with van der Waals surface area (Å²) in [6, 6.07) is 3.45. The first kappa shape index (κ1) is 12.8. The molecule has 1 aromatic heterocycles. The summed E-state index contributed by atoms with van der Waals surface area (Å²) in [6.45, 7) is 4.35. The molecule has 1 saturated heterocycles. The minimum absolute atomic E-state index is 0.101. The van der Waals surface area contributed by atoms with Crippen molar-refractivity contribution in [3.8, 4) is 5.75 Å². The molecule has 1 aliphatic rings. The lowest BCUT2D eigenvalue weighted by molar-refractivity contribution is -0.129. The van der Waals surface area contributed by atoms with Gasteiger partial charge in [-0.3, -0.25) is 14.7 Å². The quantitative estimate of drug-likeness (QED) is 0.829. The fourth-order valence-corrected chi connectivity index (χ4v) is 2.42. The van der Waals surface area contributed by atoms with Crippen LogP contribution in [-0.2, 0) is 11.3 Å². The van der Waals surface area contributed by atoms with Crippen LogP contribution in [0.1, 0.15) is 19.0 Å². The monoisotopic (exact) mass is 249 g/mol. The normalized spacial score (nSPS) is 24.1. The second-order valence-corrected chi connectivity index (χ2v) is 5.11. The minimum Gasteiger partial charge on any atom is -0.506 e. The first-order chi connectivity index (χ1) is 8.53. The number of amides is 1. The van der Waals surface area contributed by atoms with Gasteiger partial charge < -0.3 is 10.4 Å². The molecule has 0 aromatic carbocycles. The van der Waals surface area contributed by atoms with E-state index in [1.54, 1.807) is 13.1 Å². The maximum atomic E-state index is 11.8. The van der Waals surface area contributed by atoms with E-state index in [0.29, 0.717) is 6.54 Å². The lowest BCUT2D eigenvalue weighted by Gasteiger charge is -2.22. The van der Waals surface area contributed by atoms with Crippen molar-refractivity contribution in [1.82, 2.24) is 15.2 Å². The maximum absolute atomic E-state index is 11.8. The van der Waals surface area contributed by atoms with Gasteiger partial charge in [0.25, 0.3) is 0 Å². The van der Waals surface area contributed by atoms with E-state index in [1.165, 1.54) is 6.20 Å². The molecular formula is C13H19N3O2. The van der Waals surface area contributed by atoms with E-state index in [0.717, 1.165) is 25.2 Å². The molecule has 5 nitrogen and oxygen atoms in total.